The number of aromatic nitrogens is 3. The van der Waals surface area contributed by atoms with E-state index in [0.29, 0.717) is 11.3 Å². The van der Waals surface area contributed by atoms with E-state index in [4.69, 9.17) is 5.73 Å². The molecule has 2 aromatic rings. The largest absolute Gasteiger partial charge is 0.365 e. The number of nitrogens with one attached hydrogen (secondary N) is 1. The summed E-state index contributed by atoms with van der Waals surface area (Å²) in [6.45, 7) is 0. The number of amides is 2. The van der Waals surface area contributed by atoms with E-state index < -0.39 is 5.91 Å². The summed E-state index contributed by atoms with van der Waals surface area (Å²) in [6, 6.07) is 1.81. The van der Waals surface area contributed by atoms with E-state index in [-0.39, 0.29) is 17.5 Å². The highest BCUT2D eigenvalue weighted by atomic mass is 16.2. The molecule has 0 spiro atoms. The predicted molar refractivity (Wildman–Crippen MR) is 66.6 cm³/mol. The number of carbonyl (C=O) groups excluding carboxylic acids is 2. The van der Waals surface area contributed by atoms with E-state index in [1.165, 1.54) is 16.9 Å². The van der Waals surface area contributed by atoms with Gasteiger partial charge in [-0.15, -0.1) is 0 Å². The standard InChI is InChI=1S/C12H13N5O2/c13-10(18)8-6-15-17-9(4-5-14-11(8)17)12(19)16-7-2-1-3-7/h4-7H,1-3H2,(H2,13,18)(H,16,19). The van der Waals surface area contributed by atoms with Crippen LogP contribution in [0.5, 0.6) is 0 Å². The van der Waals surface area contributed by atoms with Gasteiger partial charge in [0.05, 0.1) is 6.20 Å². The van der Waals surface area contributed by atoms with Crippen LogP contribution in [-0.4, -0.2) is 32.5 Å². The number of primary amides is 1. The third-order valence-electron chi connectivity index (χ3n) is 3.34. The van der Waals surface area contributed by atoms with E-state index in [9.17, 15) is 9.59 Å². The van der Waals surface area contributed by atoms with Gasteiger partial charge in [-0.3, -0.25) is 9.59 Å². The molecular formula is C12H13N5O2. The second kappa shape index (κ2) is 4.34. The van der Waals surface area contributed by atoms with Gasteiger partial charge in [0.1, 0.15) is 11.3 Å². The van der Waals surface area contributed by atoms with E-state index in [0.717, 1.165) is 19.3 Å². The number of carbonyl (C=O) groups is 2. The second-order valence-corrected chi connectivity index (χ2v) is 4.59. The van der Waals surface area contributed by atoms with Crippen molar-refractivity contribution in [2.75, 3.05) is 0 Å². The lowest BCUT2D eigenvalue weighted by Crippen LogP contribution is -2.40. The van der Waals surface area contributed by atoms with Crippen LogP contribution in [0.1, 0.15) is 40.1 Å². The summed E-state index contributed by atoms with van der Waals surface area (Å²) in [7, 11) is 0. The summed E-state index contributed by atoms with van der Waals surface area (Å²) in [5.74, 6) is -0.824. The van der Waals surface area contributed by atoms with Crippen LogP contribution in [-0.2, 0) is 0 Å². The Labute approximate surface area is 108 Å². The topological polar surface area (TPSA) is 102 Å². The number of nitrogens with zero attached hydrogens (tertiary/aromatic N) is 3. The first-order chi connectivity index (χ1) is 9.16. The molecule has 1 fully saturated rings. The van der Waals surface area contributed by atoms with Crippen molar-refractivity contribution in [3.63, 3.8) is 0 Å². The molecule has 0 unspecified atom stereocenters. The monoisotopic (exact) mass is 259 g/mol. The molecule has 0 aromatic carbocycles. The summed E-state index contributed by atoms with van der Waals surface area (Å²) in [6.07, 6.45) is 5.95. The number of nitrogens with two attached hydrogens (primary N) is 1. The maximum Gasteiger partial charge on any atom is 0.270 e. The van der Waals surface area contributed by atoms with Crippen LogP contribution in [0.4, 0.5) is 0 Å². The Kier molecular flexibility index (Phi) is 2.66. The van der Waals surface area contributed by atoms with Crippen molar-refractivity contribution in [2.24, 2.45) is 5.73 Å². The van der Waals surface area contributed by atoms with Crippen LogP contribution in [0.15, 0.2) is 18.5 Å². The Bertz CT molecular complexity index is 659. The third kappa shape index (κ3) is 1.92. The molecule has 2 amide bonds. The Morgan fingerprint density at radius 2 is 2.21 bits per heavy atom. The van der Waals surface area contributed by atoms with E-state index in [1.54, 1.807) is 6.07 Å². The molecule has 1 aliphatic rings. The van der Waals surface area contributed by atoms with Gasteiger partial charge in [-0.2, -0.15) is 5.10 Å². The zero-order valence-corrected chi connectivity index (χ0v) is 10.2. The van der Waals surface area contributed by atoms with Crippen LogP contribution in [0, 0.1) is 0 Å². The molecule has 98 valence electrons. The molecular weight excluding hydrogens is 246 g/mol. The number of fused-ring (bicyclic) bond motifs is 1. The van der Waals surface area contributed by atoms with Gasteiger partial charge in [0.25, 0.3) is 11.8 Å². The number of rotatable bonds is 3. The second-order valence-electron chi connectivity index (χ2n) is 4.59. The van der Waals surface area contributed by atoms with Crippen molar-refractivity contribution in [2.45, 2.75) is 25.3 Å². The van der Waals surface area contributed by atoms with Gasteiger partial charge in [0.2, 0.25) is 0 Å². The molecule has 2 heterocycles. The average molecular weight is 259 g/mol. The Hall–Kier alpha value is -2.44. The Balaban J connectivity index is 1.99. The lowest BCUT2D eigenvalue weighted by Gasteiger charge is -2.26. The highest BCUT2D eigenvalue weighted by Crippen LogP contribution is 2.18. The summed E-state index contributed by atoms with van der Waals surface area (Å²) in [5, 5.41) is 6.92. The van der Waals surface area contributed by atoms with Gasteiger partial charge in [-0.1, -0.05) is 0 Å². The molecule has 7 nitrogen and oxygen atoms in total. The predicted octanol–water partition coefficient (Wildman–Crippen LogP) is 0.110. The maximum absolute atomic E-state index is 12.1. The van der Waals surface area contributed by atoms with Gasteiger partial charge >= 0.3 is 0 Å². The fourth-order valence-corrected chi connectivity index (χ4v) is 2.05. The molecule has 2 aromatic heterocycles. The minimum Gasteiger partial charge on any atom is -0.365 e. The first kappa shape index (κ1) is 11.6. The molecule has 0 atom stereocenters. The number of hydrogen-bond donors (Lipinski definition) is 2. The highest BCUT2D eigenvalue weighted by Gasteiger charge is 2.22. The van der Waals surface area contributed by atoms with E-state index in [1.807, 2.05) is 0 Å². The summed E-state index contributed by atoms with van der Waals surface area (Å²) < 4.78 is 1.34. The third-order valence-corrected chi connectivity index (χ3v) is 3.34. The van der Waals surface area contributed by atoms with Crippen LogP contribution in [0.2, 0.25) is 0 Å². The van der Waals surface area contributed by atoms with Crippen molar-refractivity contribution >= 4 is 17.5 Å². The minimum absolute atomic E-state index is 0.207. The first-order valence-corrected chi connectivity index (χ1v) is 6.10. The molecule has 0 bridgehead atoms. The minimum atomic E-state index is -0.612. The summed E-state index contributed by atoms with van der Waals surface area (Å²) in [4.78, 5) is 27.4. The van der Waals surface area contributed by atoms with Crippen LogP contribution in [0.25, 0.3) is 5.65 Å². The van der Waals surface area contributed by atoms with E-state index >= 15 is 0 Å². The average Bonchev–Trinajstić information content (AvgIpc) is 2.77. The molecule has 19 heavy (non-hydrogen) atoms. The quantitative estimate of drug-likeness (QED) is 0.816. The SMILES string of the molecule is NC(=O)c1cnn2c(C(=O)NC3CCC3)ccnc12. The fraction of sp³-hybridized carbons (Fsp3) is 0.333. The van der Waals surface area contributed by atoms with Crippen molar-refractivity contribution in [3.05, 3.63) is 29.7 Å². The first-order valence-electron chi connectivity index (χ1n) is 6.10. The molecule has 1 saturated carbocycles. The Morgan fingerprint density at radius 3 is 2.84 bits per heavy atom. The molecule has 1 aliphatic carbocycles. The van der Waals surface area contributed by atoms with Gasteiger partial charge in [0.15, 0.2) is 5.65 Å². The highest BCUT2D eigenvalue weighted by molar-refractivity contribution is 5.99. The van der Waals surface area contributed by atoms with Gasteiger partial charge in [-0.05, 0) is 25.3 Å². The molecule has 3 N–H and O–H groups in total. The molecule has 7 heteroatoms. The zero-order chi connectivity index (χ0) is 13.4. The van der Waals surface area contributed by atoms with Gasteiger partial charge < -0.3 is 11.1 Å². The lowest BCUT2D eigenvalue weighted by molar-refractivity contribution is 0.0908. The molecule has 0 radical (unpaired) electrons. The van der Waals surface area contributed by atoms with Crippen LogP contribution < -0.4 is 11.1 Å². The van der Waals surface area contributed by atoms with Crippen molar-refractivity contribution in [1.29, 1.82) is 0 Å². The molecule has 0 saturated heterocycles. The van der Waals surface area contributed by atoms with Crippen LogP contribution in [0.3, 0.4) is 0 Å². The van der Waals surface area contributed by atoms with Crippen molar-refractivity contribution < 1.29 is 9.59 Å². The molecule has 0 aliphatic heterocycles. The van der Waals surface area contributed by atoms with Crippen molar-refractivity contribution in [1.82, 2.24) is 19.9 Å². The Morgan fingerprint density at radius 1 is 1.42 bits per heavy atom. The number of hydrogen-bond acceptors (Lipinski definition) is 4. The van der Waals surface area contributed by atoms with Gasteiger partial charge in [0, 0.05) is 12.2 Å². The van der Waals surface area contributed by atoms with Crippen molar-refractivity contribution in [3.8, 4) is 0 Å². The zero-order valence-electron chi connectivity index (χ0n) is 10.2. The van der Waals surface area contributed by atoms with Gasteiger partial charge in [-0.25, -0.2) is 9.50 Å². The fourth-order valence-electron chi connectivity index (χ4n) is 2.05. The molecule has 3 rings (SSSR count). The normalized spacial score (nSPS) is 15.2. The lowest BCUT2D eigenvalue weighted by atomic mass is 9.93. The van der Waals surface area contributed by atoms with Crippen LogP contribution >= 0.6 is 0 Å². The smallest absolute Gasteiger partial charge is 0.270 e. The summed E-state index contributed by atoms with van der Waals surface area (Å²) in [5.41, 5.74) is 6.09. The summed E-state index contributed by atoms with van der Waals surface area (Å²) >= 11 is 0. The maximum atomic E-state index is 12.1. The van der Waals surface area contributed by atoms with E-state index in [2.05, 4.69) is 15.4 Å².